The fourth-order valence-corrected chi connectivity index (χ4v) is 4.77. The lowest BCUT2D eigenvalue weighted by molar-refractivity contribution is -0.137. The highest BCUT2D eigenvalue weighted by Crippen LogP contribution is 2.37. The molecule has 0 unspecified atom stereocenters. The van der Waals surface area contributed by atoms with Crippen molar-refractivity contribution in [2.24, 2.45) is 0 Å². The molecule has 3 rings (SSSR count). The molecule has 28 heavy (non-hydrogen) atoms. The molecule has 0 fully saturated rings. The van der Waals surface area contributed by atoms with Crippen LogP contribution in [0.15, 0.2) is 35.2 Å². The number of rotatable bonds is 6. The fraction of sp³-hybridized carbons (Fsp3) is 0.235. The Morgan fingerprint density at radius 2 is 1.79 bits per heavy atom. The first-order valence-corrected chi connectivity index (χ1v) is 10.2. The number of phenols is 1. The molecule has 1 aliphatic heterocycles. The van der Waals surface area contributed by atoms with Gasteiger partial charge in [0.05, 0.1) is 5.02 Å². The van der Waals surface area contributed by atoms with Gasteiger partial charge in [-0.05, 0) is 29.8 Å². The molecule has 0 amide bonds. The molecule has 8 nitrogen and oxygen atoms in total. The van der Waals surface area contributed by atoms with Gasteiger partial charge in [0.15, 0.2) is 17.2 Å². The zero-order valence-corrected chi connectivity index (χ0v) is 16.6. The number of sulfonamides is 1. The van der Waals surface area contributed by atoms with E-state index >= 15 is 0 Å². The summed E-state index contributed by atoms with van der Waals surface area (Å²) in [6.07, 6.45) is 0. The Balaban J connectivity index is 1.99. The number of aliphatic carboxylic acids is 1. The van der Waals surface area contributed by atoms with Crippen LogP contribution >= 0.6 is 23.2 Å². The molecule has 2 N–H and O–H groups in total. The Morgan fingerprint density at radius 1 is 1.11 bits per heavy atom. The van der Waals surface area contributed by atoms with Crippen molar-refractivity contribution in [3.05, 3.63) is 45.9 Å². The van der Waals surface area contributed by atoms with Crippen LogP contribution in [0.25, 0.3) is 0 Å². The predicted molar refractivity (Wildman–Crippen MR) is 101 cm³/mol. The fourth-order valence-electron chi connectivity index (χ4n) is 2.64. The van der Waals surface area contributed by atoms with Gasteiger partial charge in [-0.2, -0.15) is 4.31 Å². The van der Waals surface area contributed by atoms with Crippen LogP contribution in [0.5, 0.6) is 17.2 Å². The number of carboxylic acid groups (broad SMARTS) is 1. The number of phenolic OH excluding ortho intramolecular Hbond substituents is 1. The summed E-state index contributed by atoms with van der Waals surface area (Å²) in [5.41, 5.74) is 0.474. The summed E-state index contributed by atoms with van der Waals surface area (Å²) < 4.78 is 37.6. The van der Waals surface area contributed by atoms with Crippen molar-refractivity contribution in [3.63, 3.8) is 0 Å². The Hall–Kier alpha value is -2.20. The van der Waals surface area contributed by atoms with Crippen LogP contribution < -0.4 is 9.47 Å². The maximum atomic E-state index is 13.0. The molecule has 11 heteroatoms. The van der Waals surface area contributed by atoms with Crippen LogP contribution in [0.1, 0.15) is 5.56 Å². The molecule has 1 heterocycles. The second-order valence-electron chi connectivity index (χ2n) is 5.88. The number of carbonyl (C=O) groups is 1. The largest absolute Gasteiger partial charge is 0.505 e. The van der Waals surface area contributed by atoms with E-state index in [1.807, 2.05) is 0 Å². The topological polar surface area (TPSA) is 113 Å². The maximum absolute atomic E-state index is 13.0. The van der Waals surface area contributed by atoms with E-state index < -0.39 is 33.2 Å². The van der Waals surface area contributed by atoms with Gasteiger partial charge >= 0.3 is 5.97 Å². The number of aromatic hydroxyl groups is 1. The first kappa shape index (κ1) is 20.5. The van der Waals surface area contributed by atoms with E-state index in [-0.39, 0.29) is 16.6 Å². The van der Waals surface area contributed by atoms with Crippen LogP contribution in [0.4, 0.5) is 0 Å². The Kier molecular flexibility index (Phi) is 5.90. The molecule has 2 aromatic rings. The van der Waals surface area contributed by atoms with Gasteiger partial charge in [-0.1, -0.05) is 29.3 Å². The Morgan fingerprint density at radius 3 is 2.46 bits per heavy atom. The predicted octanol–water partition coefficient (Wildman–Crippen LogP) is 2.75. The average Bonchev–Trinajstić information content (AvgIpc) is 2.63. The van der Waals surface area contributed by atoms with Gasteiger partial charge in [0.25, 0.3) is 0 Å². The molecule has 150 valence electrons. The maximum Gasteiger partial charge on any atom is 0.318 e. The zero-order valence-electron chi connectivity index (χ0n) is 14.3. The number of fused-ring (bicyclic) bond motifs is 1. The van der Waals surface area contributed by atoms with Gasteiger partial charge in [-0.25, -0.2) is 8.42 Å². The third kappa shape index (κ3) is 4.27. The number of benzene rings is 2. The van der Waals surface area contributed by atoms with Crippen molar-refractivity contribution < 1.29 is 32.9 Å². The van der Waals surface area contributed by atoms with E-state index in [2.05, 4.69) is 0 Å². The second-order valence-corrected chi connectivity index (χ2v) is 8.63. The molecule has 0 atom stereocenters. The van der Waals surface area contributed by atoms with Crippen LogP contribution in [0, 0.1) is 0 Å². The lowest BCUT2D eigenvalue weighted by Gasteiger charge is -2.23. The minimum absolute atomic E-state index is 0.0176. The third-order valence-corrected chi connectivity index (χ3v) is 6.20. The number of hydrogen-bond donors (Lipinski definition) is 2. The zero-order chi connectivity index (χ0) is 20.5. The summed E-state index contributed by atoms with van der Waals surface area (Å²) in [6.45, 7) is -0.363. The standard InChI is InChI=1S/C17H15Cl2NO7S/c18-11-6-12(19)17(23)15(7-11)28(24,25)20(9-16(21)22)8-10-1-2-13-14(5-10)27-4-3-26-13/h1-2,5-7,23H,3-4,8-9H2,(H,21,22). The summed E-state index contributed by atoms with van der Waals surface area (Å²) in [5, 5.41) is 19.0. The number of nitrogens with zero attached hydrogens (tertiary/aromatic N) is 1. The summed E-state index contributed by atoms with van der Waals surface area (Å²) in [7, 11) is -4.43. The average molecular weight is 448 g/mol. The molecule has 0 radical (unpaired) electrons. The minimum atomic E-state index is -4.43. The van der Waals surface area contributed by atoms with E-state index in [1.54, 1.807) is 18.2 Å². The summed E-state index contributed by atoms with van der Waals surface area (Å²) >= 11 is 11.7. The molecule has 0 aromatic heterocycles. The van der Waals surface area contributed by atoms with E-state index in [9.17, 15) is 23.4 Å². The molecule has 0 aliphatic carbocycles. The first-order chi connectivity index (χ1) is 13.2. The summed E-state index contributed by atoms with van der Waals surface area (Å²) in [4.78, 5) is 10.7. The van der Waals surface area contributed by atoms with Crippen LogP contribution in [0.3, 0.4) is 0 Å². The van der Waals surface area contributed by atoms with Crippen molar-refractivity contribution in [2.75, 3.05) is 19.8 Å². The van der Waals surface area contributed by atoms with Crippen molar-refractivity contribution in [1.29, 1.82) is 0 Å². The summed E-state index contributed by atoms with van der Waals surface area (Å²) in [6, 6.07) is 6.98. The van der Waals surface area contributed by atoms with Gasteiger partial charge in [0.2, 0.25) is 10.0 Å². The van der Waals surface area contributed by atoms with Gasteiger partial charge in [0, 0.05) is 11.6 Å². The lowest BCUT2D eigenvalue weighted by atomic mass is 10.2. The molecule has 0 spiro atoms. The first-order valence-electron chi connectivity index (χ1n) is 7.97. The van der Waals surface area contributed by atoms with Crippen molar-refractivity contribution >= 4 is 39.2 Å². The summed E-state index contributed by atoms with van der Waals surface area (Å²) in [5.74, 6) is -1.12. The highest BCUT2D eigenvalue weighted by Gasteiger charge is 2.31. The Labute approximate surface area is 170 Å². The molecule has 2 aromatic carbocycles. The smallest absolute Gasteiger partial charge is 0.318 e. The highest BCUT2D eigenvalue weighted by molar-refractivity contribution is 7.89. The van der Waals surface area contributed by atoms with E-state index in [0.717, 1.165) is 6.07 Å². The second kappa shape index (κ2) is 8.04. The molecule has 0 saturated heterocycles. The van der Waals surface area contributed by atoms with Crippen molar-refractivity contribution in [1.82, 2.24) is 4.31 Å². The number of hydrogen-bond acceptors (Lipinski definition) is 6. The Bertz CT molecular complexity index is 1030. The number of ether oxygens (including phenoxy) is 2. The molecule has 1 aliphatic rings. The van der Waals surface area contributed by atoms with Crippen molar-refractivity contribution in [3.8, 4) is 17.2 Å². The molecule has 0 saturated carbocycles. The molecular weight excluding hydrogens is 433 g/mol. The van der Waals surface area contributed by atoms with E-state index in [0.29, 0.717) is 34.6 Å². The van der Waals surface area contributed by atoms with Crippen LogP contribution in [-0.2, 0) is 21.4 Å². The van der Waals surface area contributed by atoms with Gasteiger partial charge in [0.1, 0.15) is 24.7 Å². The highest BCUT2D eigenvalue weighted by atomic mass is 35.5. The van der Waals surface area contributed by atoms with E-state index in [1.165, 1.54) is 6.07 Å². The van der Waals surface area contributed by atoms with Gasteiger partial charge in [-0.3, -0.25) is 4.79 Å². The van der Waals surface area contributed by atoms with Gasteiger partial charge in [-0.15, -0.1) is 0 Å². The molecular formula is C17H15Cl2NO7S. The monoisotopic (exact) mass is 447 g/mol. The normalized spacial score (nSPS) is 13.5. The molecule has 0 bridgehead atoms. The SMILES string of the molecule is O=C(O)CN(Cc1ccc2c(c1)OCCO2)S(=O)(=O)c1cc(Cl)cc(Cl)c1O. The van der Waals surface area contributed by atoms with Crippen molar-refractivity contribution in [2.45, 2.75) is 11.4 Å². The quantitative estimate of drug-likeness (QED) is 0.699. The lowest BCUT2D eigenvalue weighted by Crippen LogP contribution is -2.35. The number of carboxylic acids is 1. The third-order valence-electron chi connectivity index (χ3n) is 3.89. The van der Waals surface area contributed by atoms with E-state index in [4.69, 9.17) is 32.7 Å². The van der Waals surface area contributed by atoms with Crippen LogP contribution in [0.2, 0.25) is 10.0 Å². The van der Waals surface area contributed by atoms with Gasteiger partial charge < -0.3 is 19.7 Å². The van der Waals surface area contributed by atoms with Crippen LogP contribution in [-0.4, -0.2) is 48.7 Å². The minimum Gasteiger partial charge on any atom is -0.505 e. The number of halogens is 2.